The van der Waals surface area contributed by atoms with Gasteiger partial charge in [0.2, 0.25) is 0 Å². The van der Waals surface area contributed by atoms with E-state index in [0.29, 0.717) is 42.6 Å². The number of rotatable bonds is 7. The average Bonchev–Trinajstić information content (AvgIpc) is 2.88. The van der Waals surface area contributed by atoms with Gasteiger partial charge in [-0.2, -0.15) is 0 Å². The molecular formula is C26H25ClN4O5. The number of ether oxygens (including phenoxy) is 1. The average molecular weight is 509 g/mol. The molecule has 10 heteroatoms. The van der Waals surface area contributed by atoms with E-state index in [1.165, 1.54) is 24.3 Å². The molecule has 36 heavy (non-hydrogen) atoms. The van der Waals surface area contributed by atoms with Gasteiger partial charge < -0.3 is 19.9 Å². The largest absolute Gasteiger partial charge is 0.484 e. The van der Waals surface area contributed by atoms with E-state index in [-0.39, 0.29) is 24.1 Å². The van der Waals surface area contributed by atoms with Crippen LogP contribution in [-0.4, -0.2) is 54.4 Å². The smallest absolute Gasteiger partial charge is 0.269 e. The van der Waals surface area contributed by atoms with E-state index in [4.69, 9.17) is 16.3 Å². The maximum atomic E-state index is 12.9. The SMILES string of the molecule is Cc1ccccc1C(=O)N1CCN(c2ccc(NC(=O)COc3ccc([N+](=O)[O-])cc3)cc2Cl)CC1. The molecule has 1 aliphatic heterocycles. The number of piperazine rings is 1. The highest BCUT2D eigenvalue weighted by Crippen LogP contribution is 2.30. The standard InChI is InChI=1S/C26H25ClN4O5/c1-18-4-2-3-5-22(18)26(33)30-14-12-29(13-15-30)24-11-6-19(16-23(24)27)28-25(32)17-36-21-9-7-20(8-10-21)31(34)35/h2-11,16H,12-15,17H2,1H3,(H,28,32). The van der Waals surface area contributed by atoms with Gasteiger partial charge in [0.15, 0.2) is 6.61 Å². The number of hydrogen-bond donors (Lipinski definition) is 1. The molecule has 186 valence electrons. The number of nitrogens with zero attached hydrogens (tertiary/aromatic N) is 3. The molecule has 9 nitrogen and oxygen atoms in total. The van der Waals surface area contributed by atoms with Crippen molar-refractivity contribution in [2.24, 2.45) is 0 Å². The third kappa shape index (κ3) is 5.92. The monoisotopic (exact) mass is 508 g/mol. The van der Waals surface area contributed by atoms with E-state index in [0.717, 1.165) is 16.8 Å². The first kappa shape index (κ1) is 25.0. The quantitative estimate of drug-likeness (QED) is 0.371. The number of nitro benzene ring substituents is 1. The number of non-ortho nitro benzene ring substituents is 1. The summed E-state index contributed by atoms with van der Waals surface area (Å²) < 4.78 is 5.38. The van der Waals surface area contributed by atoms with Crippen molar-refractivity contribution in [3.63, 3.8) is 0 Å². The molecule has 0 radical (unpaired) electrons. The fourth-order valence-corrected chi connectivity index (χ4v) is 4.28. The van der Waals surface area contributed by atoms with Crippen molar-refractivity contribution in [2.45, 2.75) is 6.92 Å². The Morgan fingerprint density at radius 2 is 1.72 bits per heavy atom. The van der Waals surface area contributed by atoms with Gasteiger partial charge in [-0.15, -0.1) is 0 Å². The van der Waals surface area contributed by atoms with Gasteiger partial charge in [-0.1, -0.05) is 29.8 Å². The normalized spacial score (nSPS) is 13.3. The second-order valence-electron chi connectivity index (χ2n) is 8.35. The predicted molar refractivity (Wildman–Crippen MR) is 138 cm³/mol. The van der Waals surface area contributed by atoms with Crippen molar-refractivity contribution >= 4 is 40.5 Å². The molecule has 0 unspecified atom stereocenters. The second-order valence-corrected chi connectivity index (χ2v) is 8.76. The molecule has 1 saturated heterocycles. The van der Waals surface area contributed by atoms with Crippen LogP contribution >= 0.6 is 11.6 Å². The van der Waals surface area contributed by atoms with E-state index < -0.39 is 4.92 Å². The minimum Gasteiger partial charge on any atom is -0.484 e. The van der Waals surface area contributed by atoms with E-state index in [9.17, 15) is 19.7 Å². The lowest BCUT2D eigenvalue weighted by Crippen LogP contribution is -2.49. The molecular weight excluding hydrogens is 484 g/mol. The van der Waals surface area contributed by atoms with Gasteiger partial charge in [-0.3, -0.25) is 19.7 Å². The minimum atomic E-state index is -0.505. The van der Waals surface area contributed by atoms with Crippen molar-refractivity contribution in [1.29, 1.82) is 0 Å². The molecule has 4 rings (SSSR count). The van der Waals surface area contributed by atoms with E-state index in [2.05, 4.69) is 10.2 Å². The number of halogens is 1. The summed E-state index contributed by atoms with van der Waals surface area (Å²) in [5, 5.41) is 13.9. The molecule has 0 saturated carbocycles. The maximum Gasteiger partial charge on any atom is 0.269 e. The van der Waals surface area contributed by atoms with Crippen LogP contribution in [0.2, 0.25) is 5.02 Å². The van der Waals surface area contributed by atoms with Gasteiger partial charge >= 0.3 is 0 Å². The highest BCUT2D eigenvalue weighted by molar-refractivity contribution is 6.33. The highest BCUT2D eigenvalue weighted by atomic mass is 35.5. The zero-order valence-corrected chi connectivity index (χ0v) is 20.4. The third-order valence-electron chi connectivity index (χ3n) is 5.93. The van der Waals surface area contributed by atoms with E-state index >= 15 is 0 Å². The Balaban J connectivity index is 1.29. The van der Waals surface area contributed by atoms with Gasteiger partial charge in [0.05, 0.1) is 15.6 Å². The van der Waals surface area contributed by atoms with Crippen LogP contribution in [0.4, 0.5) is 17.1 Å². The van der Waals surface area contributed by atoms with Gasteiger partial charge in [-0.25, -0.2) is 0 Å². The van der Waals surface area contributed by atoms with Crippen molar-refractivity contribution in [2.75, 3.05) is 43.0 Å². The van der Waals surface area contributed by atoms with Crippen LogP contribution in [0.1, 0.15) is 15.9 Å². The summed E-state index contributed by atoms with van der Waals surface area (Å²) in [6.45, 7) is 4.14. The topological polar surface area (TPSA) is 105 Å². The van der Waals surface area contributed by atoms with E-state index in [1.54, 1.807) is 12.1 Å². The first-order chi connectivity index (χ1) is 17.3. The molecule has 1 fully saturated rings. The Morgan fingerprint density at radius 1 is 1.03 bits per heavy atom. The third-order valence-corrected chi connectivity index (χ3v) is 6.23. The highest BCUT2D eigenvalue weighted by Gasteiger charge is 2.24. The Bertz CT molecular complexity index is 1270. The number of carbonyl (C=O) groups excluding carboxylic acids is 2. The number of anilines is 2. The van der Waals surface area contributed by atoms with Crippen LogP contribution in [0.25, 0.3) is 0 Å². The molecule has 0 aliphatic carbocycles. The van der Waals surface area contributed by atoms with Gasteiger partial charge in [0, 0.05) is 49.6 Å². The molecule has 1 heterocycles. The Kier molecular flexibility index (Phi) is 7.70. The summed E-state index contributed by atoms with van der Waals surface area (Å²) in [6, 6.07) is 18.3. The minimum absolute atomic E-state index is 0.0350. The summed E-state index contributed by atoms with van der Waals surface area (Å²) in [7, 11) is 0. The number of nitro groups is 1. The van der Waals surface area contributed by atoms with Crippen LogP contribution in [0.15, 0.2) is 66.7 Å². The van der Waals surface area contributed by atoms with Crippen LogP contribution in [0.5, 0.6) is 5.75 Å². The summed E-state index contributed by atoms with van der Waals surface area (Å²) in [5.41, 5.74) is 2.99. The van der Waals surface area contributed by atoms with Crippen molar-refractivity contribution < 1.29 is 19.2 Å². The molecule has 1 aliphatic rings. The molecule has 3 aromatic rings. The van der Waals surface area contributed by atoms with Crippen LogP contribution in [0.3, 0.4) is 0 Å². The molecule has 1 N–H and O–H groups in total. The summed E-state index contributed by atoms with van der Waals surface area (Å²) in [4.78, 5) is 39.3. The number of amides is 2. The van der Waals surface area contributed by atoms with Gasteiger partial charge in [0.1, 0.15) is 5.75 Å². The lowest BCUT2D eigenvalue weighted by Gasteiger charge is -2.36. The zero-order chi connectivity index (χ0) is 25.7. The zero-order valence-electron chi connectivity index (χ0n) is 19.6. The Labute approximate surface area is 213 Å². The van der Waals surface area contributed by atoms with Crippen LogP contribution in [0, 0.1) is 17.0 Å². The number of carbonyl (C=O) groups is 2. The number of benzene rings is 3. The molecule has 3 aromatic carbocycles. The van der Waals surface area contributed by atoms with Crippen LogP contribution in [-0.2, 0) is 4.79 Å². The summed E-state index contributed by atoms with van der Waals surface area (Å²) in [5.74, 6) is -0.00228. The van der Waals surface area contributed by atoms with E-state index in [1.807, 2.05) is 42.2 Å². The van der Waals surface area contributed by atoms with Gasteiger partial charge in [-0.05, 0) is 48.9 Å². The van der Waals surface area contributed by atoms with Crippen molar-refractivity contribution in [3.05, 3.63) is 93.0 Å². The number of nitrogens with one attached hydrogen (secondary N) is 1. The Hall–Kier alpha value is -4.11. The fourth-order valence-electron chi connectivity index (χ4n) is 3.98. The summed E-state index contributed by atoms with van der Waals surface area (Å²) in [6.07, 6.45) is 0. The first-order valence-electron chi connectivity index (χ1n) is 11.4. The maximum absolute atomic E-state index is 12.9. The molecule has 0 bridgehead atoms. The van der Waals surface area contributed by atoms with Crippen molar-refractivity contribution in [3.8, 4) is 5.75 Å². The van der Waals surface area contributed by atoms with Crippen molar-refractivity contribution in [1.82, 2.24) is 4.90 Å². The predicted octanol–water partition coefficient (Wildman–Crippen LogP) is 4.54. The number of hydrogen-bond acceptors (Lipinski definition) is 6. The Morgan fingerprint density at radius 3 is 2.36 bits per heavy atom. The lowest BCUT2D eigenvalue weighted by atomic mass is 10.1. The first-order valence-corrected chi connectivity index (χ1v) is 11.8. The number of aryl methyl sites for hydroxylation is 1. The fraction of sp³-hybridized carbons (Fsp3) is 0.231. The second kappa shape index (κ2) is 11.1. The molecule has 0 atom stereocenters. The van der Waals surface area contributed by atoms with Gasteiger partial charge in [0.25, 0.3) is 17.5 Å². The van der Waals surface area contributed by atoms with Crippen LogP contribution < -0.4 is 15.0 Å². The lowest BCUT2D eigenvalue weighted by molar-refractivity contribution is -0.384. The summed E-state index contributed by atoms with van der Waals surface area (Å²) >= 11 is 6.52. The molecule has 0 spiro atoms. The molecule has 2 amide bonds. The molecule has 0 aromatic heterocycles.